The van der Waals surface area contributed by atoms with Gasteiger partial charge in [0, 0.05) is 0 Å². The normalized spacial score (nSPS) is 9.77. The molecule has 0 amide bonds. The third kappa shape index (κ3) is 2.06. The predicted octanol–water partition coefficient (Wildman–Crippen LogP) is 0.470. The molecule has 0 saturated carbocycles. The number of carbonyl (C=O) groups excluding carboxylic acids is 1. The number of aryl methyl sites for hydroxylation is 1. The van der Waals surface area contributed by atoms with E-state index in [9.17, 15) is 9.59 Å². The van der Waals surface area contributed by atoms with E-state index in [2.05, 4.69) is 14.7 Å². The molecule has 0 saturated heterocycles. The van der Waals surface area contributed by atoms with E-state index in [1.807, 2.05) is 0 Å². The average molecular weight is 294 g/mol. The quantitative estimate of drug-likeness (QED) is 0.603. The van der Waals surface area contributed by atoms with Gasteiger partial charge in [-0.25, -0.2) is 9.78 Å². The number of H-pyrrole nitrogens is 1. The summed E-state index contributed by atoms with van der Waals surface area (Å²) in [7, 11) is 1.25. The number of carbonyl (C=O) groups is 1. The minimum atomic E-state index is -0.585. The second kappa shape index (κ2) is 3.86. The Morgan fingerprint density at radius 2 is 2.23 bits per heavy atom. The number of ether oxygens (including phenoxy) is 1. The first-order chi connectivity index (χ1) is 6.06. The lowest BCUT2D eigenvalue weighted by Crippen LogP contribution is -2.20. The van der Waals surface area contributed by atoms with E-state index in [-0.39, 0.29) is 11.3 Å². The SMILES string of the molecule is COC(=O)c1[nH]c(=O)c(I)nc1C. The maximum Gasteiger partial charge on any atom is 0.356 e. The van der Waals surface area contributed by atoms with E-state index < -0.39 is 5.97 Å². The maximum atomic E-state index is 11.1. The summed E-state index contributed by atoms with van der Waals surface area (Å²) in [5.74, 6) is -0.585. The second-order valence-corrected chi connectivity index (χ2v) is 3.33. The van der Waals surface area contributed by atoms with Crippen LogP contribution in [0, 0.1) is 10.6 Å². The molecular weight excluding hydrogens is 287 g/mol. The minimum Gasteiger partial charge on any atom is -0.464 e. The lowest BCUT2D eigenvalue weighted by Gasteiger charge is -2.01. The van der Waals surface area contributed by atoms with Crippen molar-refractivity contribution >= 4 is 28.6 Å². The molecule has 1 heterocycles. The second-order valence-electron chi connectivity index (χ2n) is 2.31. The number of rotatable bonds is 1. The molecular formula is C7H7IN2O3. The number of nitrogens with one attached hydrogen (secondary N) is 1. The number of aromatic nitrogens is 2. The fraction of sp³-hybridized carbons (Fsp3) is 0.286. The first-order valence-corrected chi connectivity index (χ1v) is 4.49. The van der Waals surface area contributed by atoms with Crippen LogP contribution in [0.2, 0.25) is 0 Å². The van der Waals surface area contributed by atoms with Gasteiger partial charge in [0.25, 0.3) is 5.56 Å². The summed E-state index contributed by atoms with van der Waals surface area (Å²) in [5, 5.41) is 0. The first-order valence-electron chi connectivity index (χ1n) is 3.41. The number of hydrogen-bond donors (Lipinski definition) is 1. The fourth-order valence-electron chi connectivity index (χ4n) is 0.810. The van der Waals surface area contributed by atoms with E-state index >= 15 is 0 Å². The Balaban J connectivity index is 3.32. The average Bonchev–Trinajstić information content (AvgIpc) is 2.10. The van der Waals surface area contributed by atoms with Crippen LogP contribution in [0.3, 0.4) is 0 Å². The van der Waals surface area contributed by atoms with Crippen LogP contribution < -0.4 is 5.56 Å². The van der Waals surface area contributed by atoms with Gasteiger partial charge in [-0.15, -0.1) is 0 Å². The molecule has 6 heteroatoms. The van der Waals surface area contributed by atoms with Crippen LogP contribution in [-0.2, 0) is 4.74 Å². The maximum absolute atomic E-state index is 11.1. The molecule has 0 aromatic carbocycles. The van der Waals surface area contributed by atoms with Crippen molar-refractivity contribution in [3.05, 3.63) is 25.4 Å². The lowest BCUT2D eigenvalue weighted by molar-refractivity contribution is 0.0592. The largest absolute Gasteiger partial charge is 0.464 e. The highest BCUT2D eigenvalue weighted by Crippen LogP contribution is 2.02. The Morgan fingerprint density at radius 1 is 1.62 bits per heavy atom. The van der Waals surface area contributed by atoms with E-state index in [1.165, 1.54) is 7.11 Å². The van der Waals surface area contributed by atoms with Crippen molar-refractivity contribution in [1.29, 1.82) is 0 Å². The summed E-state index contributed by atoms with van der Waals surface area (Å²) in [6.45, 7) is 1.63. The zero-order chi connectivity index (χ0) is 10.0. The van der Waals surface area contributed by atoms with E-state index in [0.717, 1.165) is 0 Å². The number of nitrogens with zero attached hydrogens (tertiary/aromatic N) is 1. The fourth-order valence-corrected chi connectivity index (χ4v) is 1.31. The van der Waals surface area contributed by atoms with Crippen LogP contribution in [0.4, 0.5) is 0 Å². The molecule has 5 nitrogen and oxygen atoms in total. The third-order valence-corrected chi connectivity index (χ3v) is 2.17. The van der Waals surface area contributed by atoms with Gasteiger partial charge in [-0.1, -0.05) is 0 Å². The van der Waals surface area contributed by atoms with E-state index in [1.54, 1.807) is 29.5 Å². The van der Waals surface area contributed by atoms with Crippen molar-refractivity contribution in [2.75, 3.05) is 7.11 Å². The van der Waals surface area contributed by atoms with Gasteiger partial charge >= 0.3 is 5.97 Å². The topological polar surface area (TPSA) is 72.1 Å². The minimum absolute atomic E-state index is 0.105. The lowest BCUT2D eigenvalue weighted by atomic mass is 10.3. The van der Waals surface area contributed by atoms with Gasteiger partial charge in [-0.3, -0.25) is 4.79 Å². The molecule has 1 aromatic heterocycles. The highest BCUT2D eigenvalue weighted by Gasteiger charge is 2.12. The van der Waals surface area contributed by atoms with Crippen molar-refractivity contribution in [1.82, 2.24) is 9.97 Å². The Kier molecular flexibility index (Phi) is 3.02. The Hall–Kier alpha value is -0.920. The summed E-state index contributed by atoms with van der Waals surface area (Å²) < 4.78 is 4.77. The van der Waals surface area contributed by atoms with Crippen LogP contribution in [0.5, 0.6) is 0 Å². The van der Waals surface area contributed by atoms with E-state index in [4.69, 9.17) is 0 Å². The third-order valence-electron chi connectivity index (χ3n) is 1.44. The summed E-state index contributed by atoms with van der Waals surface area (Å²) in [6, 6.07) is 0. The van der Waals surface area contributed by atoms with Gasteiger partial charge in [0.15, 0.2) is 3.70 Å². The Morgan fingerprint density at radius 3 is 2.77 bits per heavy atom. The summed E-state index contributed by atoms with van der Waals surface area (Å²) in [5.41, 5.74) is 0.176. The number of esters is 1. The number of aromatic amines is 1. The molecule has 0 aliphatic rings. The van der Waals surface area contributed by atoms with Gasteiger partial charge in [-0.05, 0) is 29.5 Å². The van der Waals surface area contributed by atoms with E-state index in [0.29, 0.717) is 9.39 Å². The van der Waals surface area contributed by atoms with Gasteiger partial charge in [0.05, 0.1) is 12.8 Å². The highest BCUT2D eigenvalue weighted by molar-refractivity contribution is 14.1. The van der Waals surface area contributed by atoms with Crippen molar-refractivity contribution in [3.8, 4) is 0 Å². The number of halogens is 1. The standard InChI is InChI=1S/C7H7IN2O3/c1-3-4(7(12)13-2)10-6(11)5(8)9-3/h1-2H3,(H,10,11). The van der Waals surface area contributed by atoms with Crippen molar-refractivity contribution in [3.63, 3.8) is 0 Å². The smallest absolute Gasteiger partial charge is 0.356 e. The molecule has 0 atom stereocenters. The van der Waals surface area contributed by atoms with Crippen LogP contribution in [0.1, 0.15) is 16.2 Å². The zero-order valence-corrected chi connectivity index (χ0v) is 9.21. The Labute approximate surface area is 87.7 Å². The first kappa shape index (κ1) is 10.2. The summed E-state index contributed by atoms with van der Waals surface area (Å²) in [6.07, 6.45) is 0. The molecule has 0 unspecified atom stereocenters. The summed E-state index contributed by atoms with van der Waals surface area (Å²) in [4.78, 5) is 28.4. The highest BCUT2D eigenvalue weighted by atomic mass is 127. The molecule has 0 fully saturated rings. The number of hydrogen-bond acceptors (Lipinski definition) is 4. The van der Waals surface area contributed by atoms with Gasteiger partial charge in [0.1, 0.15) is 5.69 Å². The van der Waals surface area contributed by atoms with Crippen molar-refractivity contribution < 1.29 is 9.53 Å². The molecule has 0 radical (unpaired) electrons. The van der Waals surface area contributed by atoms with Gasteiger partial charge < -0.3 is 9.72 Å². The monoisotopic (exact) mass is 294 g/mol. The molecule has 1 aromatic rings. The van der Waals surface area contributed by atoms with Crippen LogP contribution in [-0.4, -0.2) is 23.0 Å². The molecule has 1 N–H and O–H groups in total. The molecule has 70 valence electrons. The predicted molar refractivity (Wildman–Crippen MR) is 53.7 cm³/mol. The molecule has 0 bridgehead atoms. The van der Waals surface area contributed by atoms with Crippen LogP contribution >= 0.6 is 22.6 Å². The molecule has 0 spiro atoms. The Bertz CT molecular complexity index is 399. The number of methoxy groups -OCH3 is 1. The zero-order valence-electron chi connectivity index (χ0n) is 7.05. The molecule has 1 rings (SSSR count). The van der Waals surface area contributed by atoms with Gasteiger partial charge in [0.2, 0.25) is 0 Å². The van der Waals surface area contributed by atoms with Gasteiger partial charge in [-0.2, -0.15) is 0 Å². The van der Waals surface area contributed by atoms with Crippen molar-refractivity contribution in [2.24, 2.45) is 0 Å². The van der Waals surface area contributed by atoms with Crippen LogP contribution in [0.15, 0.2) is 4.79 Å². The molecule has 0 aliphatic carbocycles. The molecule has 0 aliphatic heterocycles. The summed E-state index contributed by atoms with van der Waals surface area (Å²) >= 11 is 1.80. The van der Waals surface area contributed by atoms with Crippen molar-refractivity contribution in [2.45, 2.75) is 6.92 Å². The van der Waals surface area contributed by atoms with Crippen LogP contribution in [0.25, 0.3) is 0 Å². The molecule has 13 heavy (non-hydrogen) atoms.